The molecule has 1 aromatic rings. The molecule has 0 amide bonds. The highest BCUT2D eigenvalue weighted by atomic mass is 35.7. The van der Waals surface area contributed by atoms with Gasteiger partial charge in [-0.05, 0) is 23.5 Å². The van der Waals surface area contributed by atoms with Gasteiger partial charge >= 0.3 is 5.97 Å². The minimum absolute atomic E-state index is 0.238. The summed E-state index contributed by atoms with van der Waals surface area (Å²) >= 11 is 0. The Labute approximate surface area is 111 Å². The van der Waals surface area contributed by atoms with Gasteiger partial charge in [0.2, 0.25) is 0 Å². The first-order valence-corrected chi connectivity index (χ1v) is 7.59. The van der Waals surface area contributed by atoms with E-state index in [9.17, 15) is 18.3 Å². The maximum Gasteiger partial charge on any atom is 0.337 e. The van der Waals surface area contributed by atoms with Gasteiger partial charge in [0.1, 0.15) is 4.90 Å². The van der Waals surface area contributed by atoms with Crippen LogP contribution in [0.5, 0.6) is 0 Å². The Morgan fingerprint density at radius 3 is 2.11 bits per heavy atom. The standard InChI is InChI=1S/C12H15ClO4S/c1-7-5-6-8(12(2,3)4)9(11(14)15)10(7)18(13,16)17/h5-6H,1-4H3,(H,14,15). The van der Waals surface area contributed by atoms with Gasteiger partial charge in [-0.2, -0.15) is 0 Å². The Hall–Kier alpha value is -1.07. The minimum atomic E-state index is -4.10. The zero-order chi connectivity index (χ0) is 14.3. The Morgan fingerprint density at radius 2 is 1.78 bits per heavy atom. The SMILES string of the molecule is Cc1ccc(C(C)(C)C)c(C(=O)O)c1S(=O)(=O)Cl. The fourth-order valence-corrected chi connectivity index (χ4v) is 3.33. The first-order chi connectivity index (χ1) is 7.96. The van der Waals surface area contributed by atoms with E-state index in [2.05, 4.69) is 0 Å². The van der Waals surface area contributed by atoms with Gasteiger partial charge in [0.15, 0.2) is 0 Å². The second-order valence-corrected chi connectivity index (χ2v) is 7.63. The molecule has 6 heteroatoms. The summed E-state index contributed by atoms with van der Waals surface area (Å²) in [5.41, 5.74) is 0.0466. The molecule has 0 fully saturated rings. The van der Waals surface area contributed by atoms with Crippen LogP contribution in [0.1, 0.15) is 42.3 Å². The predicted octanol–water partition coefficient (Wildman–Crippen LogP) is 2.92. The lowest BCUT2D eigenvalue weighted by Gasteiger charge is -2.23. The maximum atomic E-state index is 11.6. The topological polar surface area (TPSA) is 71.4 Å². The second kappa shape index (κ2) is 4.55. The number of benzene rings is 1. The normalized spacial score (nSPS) is 12.5. The van der Waals surface area contributed by atoms with Gasteiger partial charge in [-0.1, -0.05) is 32.9 Å². The van der Waals surface area contributed by atoms with E-state index in [1.807, 2.05) is 20.8 Å². The summed E-state index contributed by atoms with van der Waals surface area (Å²) in [7, 11) is 1.24. The number of rotatable bonds is 2. The molecular formula is C12H15ClO4S. The Balaban J connectivity index is 3.88. The first-order valence-electron chi connectivity index (χ1n) is 5.28. The average Bonchev–Trinajstić information content (AvgIpc) is 2.12. The van der Waals surface area contributed by atoms with Crippen LogP contribution in [-0.2, 0) is 14.5 Å². The van der Waals surface area contributed by atoms with E-state index in [1.54, 1.807) is 12.1 Å². The minimum Gasteiger partial charge on any atom is -0.478 e. The molecule has 1 aromatic carbocycles. The van der Waals surface area contributed by atoms with Crippen LogP contribution in [0.15, 0.2) is 17.0 Å². The fraction of sp³-hybridized carbons (Fsp3) is 0.417. The summed E-state index contributed by atoms with van der Waals surface area (Å²) in [5, 5.41) is 9.27. The monoisotopic (exact) mass is 290 g/mol. The molecule has 0 atom stereocenters. The lowest BCUT2D eigenvalue weighted by atomic mass is 9.83. The quantitative estimate of drug-likeness (QED) is 0.850. The lowest BCUT2D eigenvalue weighted by molar-refractivity contribution is 0.0689. The molecule has 0 saturated carbocycles. The molecule has 1 rings (SSSR count). The van der Waals surface area contributed by atoms with Crippen LogP contribution in [0.3, 0.4) is 0 Å². The Morgan fingerprint density at radius 1 is 1.28 bits per heavy atom. The molecule has 0 radical (unpaired) electrons. The third-order valence-electron chi connectivity index (χ3n) is 2.62. The molecule has 4 nitrogen and oxygen atoms in total. The highest BCUT2D eigenvalue weighted by molar-refractivity contribution is 8.13. The van der Waals surface area contributed by atoms with Crippen LogP contribution in [0, 0.1) is 6.92 Å². The van der Waals surface area contributed by atoms with Crippen molar-refractivity contribution in [2.45, 2.75) is 38.0 Å². The second-order valence-electron chi connectivity index (χ2n) is 5.13. The van der Waals surface area contributed by atoms with Crippen molar-refractivity contribution in [3.63, 3.8) is 0 Å². The summed E-state index contributed by atoms with van der Waals surface area (Å²) in [4.78, 5) is 11.0. The van der Waals surface area contributed by atoms with Gasteiger partial charge in [-0.3, -0.25) is 0 Å². The van der Waals surface area contributed by atoms with Gasteiger partial charge in [0, 0.05) is 10.7 Å². The van der Waals surface area contributed by atoms with Crippen LogP contribution in [0.2, 0.25) is 0 Å². The number of hydrogen-bond acceptors (Lipinski definition) is 3. The Kier molecular flexibility index (Phi) is 3.79. The number of hydrogen-bond donors (Lipinski definition) is 1. The molecule has 18 heavy (non-hydrogen) atoms. The molecule has 0 aliphatic carbocycles. The molecule has 0 saturated heterocycles. The average molecular weight is 291 g/mol. The predicted molar refractivity (Wildman–Crippen MR) is 69.9 cm³/mol. The molecule has 0 aliphatic rings. The molecule has 0 spiro atoms. The lowest BCUT2D eigenvalue weighted by Crippen LogP contribution is -2.20. The number of carbonyl (C=O) groups is 1. The van der Waals surface area contributed by atoms with Crippen molar-refractivity contribution in [2.75, 3.05) is 0 Å². The summed E-state index contributed by atoms with van der Waals surface area (Å²) in [6.45, 7) is 6.96. The summed E-state index contributed by atoms with van der Waals surface area (Å²) in [6.07, 6.45) is 0. The van der Waals surface area contributed by atoms with E-state index in [1.165, 1.54) is 6.92 Å². The molecular weight excluding hydrogens is 276 g/mol. The van der Waals surface area contributed by atoms with Crippen molar-refractivity contribution >= 4 is 25.7 Å². The maximum absolute atomic E-state index is 11.6. The number of aromatic carboxylic acids is 1. The molecule has 100 valence electrons. The zero-order valence-electron chi connectivity index (χ0n) is 10.6. The molecule has 0 unspecified atom stereocenters. The van der Waals surface area contributed by atoms with Gasteiger partial charge in [0.25, 0.3) is 9.05 Å². The van der Waals surface area contributed by atoms with Gasteiger partial charge < -0.3 is 5.11 Å². The highest BCUT2D eigenvalue weighted by Crippen LogP contribution is 2.33. The van der Waals surface area contributed by atoms with Crippen molar-refractivity contribution in [1.82, 2.24) is 0 Å². The first kappa shape index (κ1) is 15.0. The summed E-state index contributed by atoms with van der Waals surface area (Å²) in [5.74, 6) is -1.29. The summed E-state index contributed by atoms with van der Waals surface area (Å²) < 4.78 is 23.1. The van der Waals surface area contributed by atoms with Crippen LogP contribution in [-0.4, -0.2) is 19.5 Å². The largest absolute Gasteiger partial charge is 0.478 e. The van der Waals surface area contributed by atoms with E-state index in [4.69, 9.17) is 10.7 Å². The summed E-state index contributed by atoms with van der Waals surface area (Å²) in [6, 6.07) is 3.20. The van der Waals surface area contributed by atoms with Crippen molar-refractivity contribution < 1.29 is 18.3 Å². The third-order valence-corrected chi connectivity index (χ3v) is 4.10. The van der Waals surface area contributed by atoms with Gasteiger partial charge in [-0.15, -0.1) is 0 Å². The van der Waals surface area contributed by atoms with Crippen LogP contribution in [0.25, 0.3) is 0 Å². The fourth-order valence-electron chi connectivity index (χ4n) is 1.84. The number of halogens is 1. The number of aryl methyl sites for hydroxylation is 1. The van der Waals surface area contributed by atoms with E-state index in [-0.39, 0.29) is 10.5 Å². The van der Waals surface area contributed by atoms with E-state index in [0.29, 0.717) is 11.1 Å². The van der Waals surface area contributed by atoms with Crippen LogP contribution < -0.4 is 0 Å². The number of carboxylic acids is 1. The van der Waals surface area contributed by atoms with Crippen LogP contribution in [0.4, 0.5) is 0 Å². The van der Waals surface area contributed by atoms with Gasteiger partial charge in [0.05, 0.1) is 5.56 Å². The van der Waals surface area contributed by atoms with Gasteiger partial charge in [-0.25, -0.2) is 13.2 Å². The van der Waals surface area contributed by atoms with Crippen molar-refractivity contribution in [2.24, 2.45) is 0 Å². The molecule has 1 N–H and O–H groups in total. The Bertz CT molecular complexity index is 597. The van der Waals surface area contributed by atoms with E-state index >= 15 is 0 Å². The van der Waals surface area contributed by atoms with E-state index < -0.39 is 20.4 Å². The third kappa shape index (κ3) is 2.84. The zero-order valence-corrected chi connectivity index (χ0v) is 12.2. The molecule has 0 aliphatic heterocycles. The highest BCUT2D eigenvalue weighted by Gasteiger charge is 2.30. The number of carboxylic acid groups (broad SMARTS) is 1. The van der Waals surface area contributed by atoms with Crippen LogP contribution >= 0.6 is 10.7 Å². The molecule has 0 aromatic heterocycles. The molecule has 0 heterocycles. The van der Waals surface area contributed by atoms with Crippen molar-refractivity contribution in [3.8, 4) is 0 Å². The molecule has 0 bridgehead atoms. The van der Waals surface area contributed by atoms with Crippen molar-refractivity contribution in [1.29, 1.82) is 0 Å². The van der Waals surface area contributed by atoms with E-state index in [0.717, 1.165) is 0 Å². The van der Waals surface area contributed by atoms with Crippen molar-refractivity contribution in [3.05, 3.63) is 28.8 Å². The smallest absolute Gasteiger partial charge is 0.337 e.